The fraction of sp³-hybridized carbons (Fsp3) is 0.167. The van der Waals surface area contributed by atoms with Crippen LogP contribution in [0.25, 0.3) is 0 Å². The molecule has 2 aromatic rings. The molecule has 0 aliphatic heterocycles. The highest BCUT2D eigenvalue weighted by Gasteiger charge is 2.18. The molecular weight excluding hydrogens is 260 g/mol. The SMILES string of the molecule is CC(Nc1nc(NN)ccc1[N+](=O)[O-])c1cccnc1. The number of pyridine rings is 2. The van der Waals surface area contributed by atoms with Gasteiger partial charge in [0, 0.05) is 18.5 Å². The molecule has 2 rings (SSSR count). The molecule has 104 valence electrons. The van der Waals surface area contributed by atoms with Crippen molar-refractivity contribution >= 4 is 17.3 Å². The zero-order valence-electron chi connectivity index (χ0n) is 10.8. The minimum Gasteiger partial charge on any atom is -0.358 e. The van der Waals surface area contributed by atoms with Crippen molar-refractivity contribution in [3.05, 3.63) is 52.3 Å². The van der Waals surface area contributed by atoms with Gasteiger partial charge < -0.3 is 10.7 Å². The third-order valence-corrected chi connectivity index (χ3v) is 2.76. The van der Waals surface area contributed by atoms with Crippen LogP contribution in [-0.4, -0.2) is 14.9 Å². The van der Waals surface area contributed by atoms with Crippen molar-refractivity contribution in [2.24, 2.45) is 5.84 Å². The van der Waals surface area contributed by atoms with E-state index in [4.69, 9.17) is 5.84 Å². The van der Waals surface area contributed by atoms with Gasteiger partial charge in [0.1, 0.15) is 5.82 Å². The van der Waals surface area contributed by atoms with Crippen molar-refractivity contribution in [1.29, 1.82) is 0 Å². The minimum atomic E-state index is -0.494. The maximum absolute atomic E-state index is 11.0. The van der Waals surface area contributed by atoms with Crippen molar-refractivity contribution in [3.8, 4) is 0 Å². The predicted molar refractivity (Wildman–Crippen MR) is 75.0 cm³/mol. The first kappa shape index (κ1) is 13.7. The van der Waals surface area contributed by atoms with E-state index in [0.29, 0.717) is 5.82 Å². The van der Waals surface area contributed by atoms with Gasteiger partial charge in [0.25, 0.3) is 0 Å². The van der Waals surface area contributed by atoms with E-state index in [1.54, 1.807) is 18.5 Å². The van der Waals surface area contributed by atoms with Crippen molar-refractivity contribution < 1.29 is 4.92 Å². The molecule has 4 N–H and O–H groups in total. The van der Waals surface area contributed by atoms with Gasteiger partial charge in [-0.2, -0.15) is 0 Å². The summed E-state index contributed by atoms with van der Waals surface area (Å²) in [6.45, 7) is 1.87. The average molecular weight is 274 g/mol. The van der Waals surface area contributed by atoms with E-state index in [1.165, 1.54) is 12.1 Å². The smallest absolute Gasteiger partial charge is 0.311 e. The first-order valence-corrected chi connectivity index (χ1v) is 5.90. The summed E-state index contributed by atoms with van der Waals surface area (Å²) < 4.78 is 0. The monoisotopic (exact) mass is 274 g/mol. The van der Waals surface area contributed by atoms with E-state index >= 15 is 0 Å². The van der Waals surface area contributed by atoms with E-state index in [1.807, 2.05) is 13.0 Å². The van der Waals surface area contributed by atoms with Crippen molar-refractivity contribution in [2.45, 2.75) is 13.0 Å². The van der Waals surface area contributed by atoms with Crippen LogP contribution in [0.2, 0.25) is 0 Å². The van der Waals surface area contributed by atoms with Gasteiger partial charge in [0.05, 0.1) is 11.0 Å². The van der Waals surface area contributed by atoms with Gasteiger partial charge in [-0.3, -0.25) is 15.1 Å². The highest BCUT2D eigenvalue weighted by molar-refractivity contribution is 5.60. The summed E-state index contributed by atoms with van der Waals surface area (Å²) in [5.74, 6) is 5.77. The number of hydrazine groups is 1. The Labute approximate surface area is 115 Å². The van der Waals surface area contributed by atoms with E-state index in [-0.39, 0.29) is 17.5 Å². The highest BCUT2D eigenvalue weighted by Crippen LogP contribution is 2.27. The van der Waals surface area contributed by atoms with Gasteiger partial charge in [-0.05, 0) is 24.6 Å². The van der Waals surface area contributed by atoms with Crippen LogP contribution in [0.4, 0.5) is 17.3 Å². The first-order valence-electron chi connectivity index (χ1n) is 5.90. The Morgan fingerprint density at radius 3 is 2.80 bits per heavy atom. The fourth-order valence-electron chi connectivity index (χ4n) is 1.71. The summed E-state index contributed by atoms with van der Waals surface area (Å²) in [6.07, 6.45) is 3.35. The number of aromatic nitrogens is 2. The number of rotatable bonds is 5. The molecule has 1 unspecified atom stereocenters. The Morgan fingerprint density at radius 2 is 2.20 bits per heavy atom. The lowest BCUT2D eigenvalue weighted by atomic mass is 10.1. The standard InChI is InChI=1S/C12H14N6O2/c1-8(9-3-2-6-14-7-9)15-12-10(18(19)20)4-5-11(16-12)17-13/h2-8H,13H2,1H3,(H2,15,16,17). The molecule has 8 nitrogen and oxygen atoms in total. The molecule has 20 heavy (non-hydrogen) atoms. The number of hydrogen-bond donors (Lipinski definition) is 3. The van der Waals surface area contributed by atoms with Gasteiger partial charge in [0.15, 0.2) is 0 Å². The second-order valence-corrected chi connectivity index (χ2v) is 4.12. The van der Waals surface area contributed by atoms with E-state index < -0.39 is 4.92 Å². The molecule has 0 fully saturated rings. The van der Waals surface area contributed by atoms with E-state index in [2.05, 4.69) is 20.7 Å². The zero-order valence-corrected chi connectivity index (χ0v) is 10.8. The number of anilines is 2. The molecule has 8 heteroatoms. The van der Waals surface area contributed by atoms with Crippen LogP contribution < -0.4 is 16.6 Å². The molecule has 0 aromatic carbocycles. The lowest BCUT2D eigenvalue weighted by molar-refractivity contribution is -0.384. The van der Waals surface area contributed by atoms with Crippen LogP contribution in [-0.2, 0) is 0 Å². The van der Waals surface area contributed by atoms with Gasteiger partial charge in [-0.1, -0.05) is 6.07 Å². The normalized spacial score (nSPS) is 11.7. The predicted octanol–water partition coefficient (Wildman–Crippen LogP) is 1.84. The molecule has 0 aliphatic carbocycles. The molecule has 0 bridgehead atoms. The molecule has 0 aliphatic rings. The summed E-state index contributed by atoms with van der Waals surface area (Å²) in [7, 11) is 0. The lowest BCUT2D eigenvalue weighted by Gasteiger charge is -2.15. The second-order valence-electron chi connectivity index (χ2n) is 4.12. The fourth-order valence-corrected chi connectivity index (χ4v) is 1.71. The number of nitrogens with one attached hydrogen (secondary N) is 2. The summed E-state index contributed by atoms with van der Waals surface area (Å²) in [4.78, 5) is 18.6. The van der Waals surface area contributed by atoms with E-state index in [0.717, 1.165) is 5.56 Å². The van der Waals surface area contributed by atoms with Crippen LogP contribution >= 0.6 is 0 Å². The molecular formula is C12H14N6O2. The van der Waals surface area contributed by atoms with Crippen molar-refractivity contribution in [3.63, 3.8) is 0 Å². The molecule has 2 heterocycles. The van der Waals surface area contributed by atoms with Crippen LogP contribution in [0, 0.1) is 10.1 Å². The zero-order chi connectivity index (χ0) is 14.5. The van der Waals surface area contributed by atoms with Crippen LogP contribution in [0.5, 0.6) is 0 Å². The van der Waals surface area contributed by atoms with Gasteiger partial charge in [0.2, 0.25) is 5.82 Å². The molecule has 2 aromatic heterocycles. The van der Waals surface area contributed by atoms with Crippen LogP contribution in [0.3, 0.4) is 0 Å². The first-order chi connectivity index (χ1) is 9.61. The Kier molecular flexibility index (Phi) is 4.06. The largest absolute Gasteiger partial charge is 0.358 e. The Morgan fingerprint density at radius 1 is 1.40 bits per heavy atom. The number of nitrogen functional groups attached to an aromatic ring is 1. The summed E-state index contributed by atoms with van der Waals surface area (Å²) in [5, 5.41) is 14.0. The molecule has 0 spiro atoms. The Bertz CT molecular complexity index is 604. The Hall–Kier alpha value is -2.74. The third kappa shape index (κ3) is 2.98. The summed E-state index contributed by atoms with van der Waals surface area (Å²) in [5.41, 5.74) is 3.15. The van der Waals surface area contributed by atoms with Crippen LogP contribution in [0.1, 0.15) is 18.5 Å². The van der Waals surface area contributed by atoms with Crippen molar-refractivity contribution in [1.82, 2.24) is 9.97 Å². The van der Waals surface area contributed by atoms with Gasteiger partial charge in [-0.15, -0.1) is 0 Å². The lowest BCUT2D eigenvalue weighted by Crippen LogP contribution is -2.13. The number of nitrogens with zero attached hydrogens (tertiary/aromatic N) is 3. The quantitative estimate of drug-likeness (QED) is 0.432. The number of nitrogens with two attached hydrogens (primary N) is 1. The van der Waals surface area contributed by atoms with Crippen molar-refractivity contribution in [2.75, 3.05) is 10.7 Å². The maximum atomic E-state index is 11.0. The van der Waals surface area contributed by atoms with E-state index in [9.17, 15) is 10.1 Å². The number of nitro groups is 1. The highest BCUT2D eigenvalue weighted by atomic mass is 16.6. The average Bonchev–Trinajstić information content (AvgIpc) is 2.47. The summed E-state index contributed by atoms with van der Waals surface area (Å²) in [6, 6.07) is 6.29. The van der Waals surface area contributed by atoms with Gasteiger partial charge >= 0.3 is 5.69 Å². The molecule has 0 saturated carbocycles. The Balaban J connectivity index is 2.29. The molecule has 0 saturated heterocycles. The minimum absolute atomic E-state index is 0.111. The molecule has 0 radical (unpaired) electrons. The number of hydrogen-bond acceptors (Lipinski definition) is 7. The van der Waals surface area contributed by atoms with Gasteiger partial charge in [-0.25, -0.2) is 10.8 Å². The second kappa shape index (κ2) is 5.93. The topological polar surface area (TPSA) is 119 Å². The molecule has 0 amide bonds. The molecule has 1 atom stereocenters. The maximum Gasteiger partial charge on any atom is 0.311 e. The third-order valence-electron chi connectivity index (χ3n) is 2.76. The van der Waals surface area contributed by atoms with Crippen LogP contribution in [0.15, 0.2) is 36.7 Å². The summed E-state index contributed by atoms with van der Waals surface area (Å²) >= 11 is 0.